The molecular weight excluding hydrogens is 360 g/mol. The quantitative estimate of drug-likeness (QED) is 0.279. The first-order valence-electron chi connectivity index (χ1n) is 7.16. The Morgan fingerprint density at radius 2 is 1.83 bits per heavy atom. The van der Waals surface area contributed by atoms with Crippen LogP contribution in [0.1, 0.15) is 21.5 Å². The zero-order valence-corrected chi connectivity index (χ0v) is 15.7. The summed E-state index contributed by atoms with van der Waals surface area (Å²) in [5.41, 5.74) is 3.18. The average Bonchev–Trinajstić information content (AvgIpc) is 2.53. The number of rotatable bonds is 5. The normalized spacial score (nSPS) is 10.1. The molecule has 3 nitrogen and oxygen atoms in total. The highest BCUT2D eigenvalue weighted by Crippen LogP contribution is 2.16. The third kappa shape index (κ3) is 4.86. The van der Waals surface area contributed by atoms with Crippen LogP contribution in [0.5, 0.6) is 0 Å². The number of hydrogen-bond acceptors (Lipinski definition) is 4. The Morgan fingerprint density at radius 1 is 1.25 bits per heavy atom. The number of thioether (sulfide) groups is 1. The van der Waals surface area contributed by atoms with E-state index in [0.29, 0.717) is 20.5 Å². The van der Waals surface area contributed by atoms with Gasteiger partial charge in [0.25, 0.3) is 5.70 Å². The fraction of sp³-hybridized carbons (Fsp3) is 0.167. The lowest BCUT2D eigenvalue weighted by Crippen LogP contribution is -2.35. The second-order valence-electron chi connectivity index (χ2n) is 5.28. The predicted molar refractivity (Wildman–Crippen MR) is 104 cm³/mol. The molecule has 1 aromatic carbocycles. The summed E-state index contributed by atoms with van der Waals surface area (Å²) in [6, 6.07) is 8.80. The maximum atomic E-state index is 12.2. The number of benzene rings is 1. The van der Waals surface area contributed by atoms with Gasteiger partial charge in [0.05, 0.1) is 11.6 Å². The van der Waals surface area contributed by atoms with Gasteiger partial charge < -0.3 is 0 Å². The highest BCUT2D eigenvalue weighted by molar-refractivity contribution is 8.24. The molecule has 24 heavy (non-hydrogen) atoms. The van der Waals surface area contributed by atoms with E-state index < -0.39 is 0 Å². The lowest BCUT2D eigenvalue weighted by molar-refractivity contribution is -0.574. The van der Waals surface area contributed by atoms with Gasteiger partial charge in [0.15, 0.2) is 22.4 Å². The first-order chi connectivity index (χ1) is 11.4. The van der Waals surface area contributed by atoms with E-state index in [-0.39, 0.29) is 11.5 Å². The summed E-state index contributed by atoms with van der Waals surface area (Å²) in [6.07, 6.45) is 3.77. The van der Waals surface area contributed by atoms with Crippen molar-refractivity contribution in [3.63, 3.8) is 0 Å². The molecule has 0 aliphatic rings. The number of carbonyl (C=O) groups is 1. The molecule has 2 aromatic rings. The molecule has 0 radical (unpaired) electrons. The lowest BCUT2D eigenvalue weighted by Gasteiger charge is -2.04. The maximum Gasteiger partial charge on any atom is 0.297 e. The van der Waals surface area contributed by atoms with Gasteiger partial charge in [-0.1, -0.05) is 35.6 Å². The maximum absolute atomic E-state index is 12.2. The number of Topliss-reactive ketones (excluding diaryl/α,β-unsaturated/α-hetero) is 1. The van der Waals surface area contributed by atoms with Gasteiger partial charge in [0.1, 0.15) is 0 Å². The molecule has 1 aromatic heterocycles. The van der Waals surface area contributed by atoms with Crippen LogP contribution in [0.4, 0.5) is 0 Å². The third-order valence-corrected chi connectivity index (χ3v) is 4.87. The molecule has 0 aliphatic carbocycles. The summed E-state index contributed by atoms with van der Waals surface area (Å²) < 4.78 is 2.24. The first kappa shape index (κ1) is 18.6. The van der Waals surface area contributed by atoms with Crippen molar-refractivity contribution in [1.82, 2.24) is 0 Å². The van der Waals surface area contributed by atoms with Crippen molar-refractivity contribution in [2.24, 2.45) is 0 Å². The lowest BCUT2D eigenvalue weighted by atomic mass is 10.1. The topological polar surface area (TPSA) is 44.8 Å². The smallest absolute Gasteiger partial charge is 0.293 e. The molecule has 2 rings (SSSR count). The number of hydrogen-bond donors (Lipinski definition) is 1. The van der Waals surface area contributed by atoms with Crippen LogP contribution < -0.4 is 4.57 Å². The first-order valence-corrected chi connectivity index (χ1v) is 8.93. The largest absolute Gasteiger partial charge is 0.297 e. The van der Waals surface area contributed by atoms with Crippen molar-refractivity contribution in [2.75, 3.05) is 5.75 Å². The summed E-state index contributed by atoms with van der Waals surface area (Å²) in [6.45, 7) is 3.95. The zero-order chi connectivity index (χ0) is 17.7. The van der Waals surface area contributed by atoms with Crippen LogP contribution in [-0.4, -0.2) is 21.6 Å². The molecule has 1 heterocycles. The number of thiocarbonyl (C=S) groups is 1. The number of halogens is 1. The number of pyridine rings is 1. The van der Waals surface area contributed by atoms with Crippen molar-refractivity contribution in [3.05, 3.63) is 64.4 Å². The molecule has 0 saturated heterocycles. The molecule has 1 N–H and O–H groups in total. The number of aromatic nitrogens is 1. The van der Waals surface area contributed by atoms with E-state index in [9.17, 15) is 4.79 Å². The number of ketones is 1. The van der Waals surface area contributed by atoms with Crippen LogP contribution in [0.3, 0.4) is 0 Å². The van der Waals surface area contributed by atoms with Crippen molar-refractivity contribution in [2.45, 2.75) is 13.8 Å². The predicted octanol–water partition coefficient (Wildman–Crippen LogP) is 4.28. The minimum absolute atomic E-state index is 0.0335. The Kier molecular flexibility index (Phi) is 6.46. The molecule has 0 atom stereocenters. The van der Waals surface area contributed by atoms with Gasteiger partial charge in [-0.15, -0.1) is 0 Å². The SMILES string of the molecule is Cc1cc(C)c[n+](C(=C=N)C(=S)SCC(=O)c2ccc(Cl)cc2)c1. The van der Waals surface area contributed by atoms with Gasteiger partial charge in [-0.2, -0.15) is 4.57 Å². The third-order valence-electron chi connectivity index (χ3n) is 3.21. The van der Waals surface area contributed by atoms with E-state index in [0.717, 1.165) is 11.1 Å². The molecule has 0 aliphatic heterocycles. The van der Waals surface area contributed by atoms with Crippen molar-refractivity contribution in [1.29, 1.82) is 5.41 Å². The number of nitrogens with one attached hydrogen (secondary N) is 1. The van der Waals surface area contributed by atoms with E-state index >= 15 is 0 Å². The van der Waals surface area contributed by atoms with Gasteiger partial charge in [-0.3, -0.25) is 10.2 Å². The van der Waals surface area contributed by atoms with Gasteiger partial charge in [0, 0.05) is 21.7 Å². The van der Waals surface area contributed by atoms with E-state index in [4.69, 9.17) is 29.2 Å². The summed E-state index contributed by atoms with van der Waals surface area (Å²) in [5, 5.41) is 8.13. The standard InChI is InChI=1S/C18H16ClN2OS2/c1-12-7-13(2)10-21(9-12)16(8-20)18(23)24-11-17(22)14-3-5-15(19)6-4-14/h3-7,9-10,20H,11H2,1-2H3/q+1. The van der Waals surface area contributed by atoms with Crippen molar-refractivity contribution < 1.29 is 9.36 Å². The molecule has 0 saturated carbocycles. The molecule has 0 bridgehead atoms. The molecule has 0 spiro atoms. The summed E-state index contributed by atoms with van der Waals surface area (Å²) in [4.78, 5) is 12.2. The molecule has 0 fully saturated rings. The number of carbonyl (C=O) groups excluding carboxylic acids is 1. The van der Waals surface area contributed by atoms with Crippen LogP contribution in [0.25, 0.3) is 5.70 Å². The number of aryl methyl sites for hydroxylation is 2. The van der Waals surface area contributed by atoms with Crippen LogP contribution in [0, 0.1) is 19.3 Å². The Labute approximate surface area is 155 Å². The summed E-state index contributed by atoms with van der Waals surface area (Å²) >= 11 is 12.4. The molecule has 0 unspecified atom stereocenters. The van der Waals surface area contributed by atoms with E-state index in [1.807, 2.05) is 32.3 Å². The highest BCUT2D eigenvalue weighted by atomic mass is 35.5. The number of nitrogens with zero attached hydrogens (tertiary/aromatic N) is 1. The minimum Gasteiger partial charge on any atom is -0.293 e. The zero-order valence-electron chi connectivity index (χ0n) is 13.3. The van der Waals surface area contributed by atoms with Gasteiger partial charge in [-0.25, -0.2) is 0 Å². The second-order valence-corrected chi connectivity index (χ2v) is 7.37. The second kappa shape index (κ2) is 8.36. The average molecular weight is 376 g/mol. The van der Waals surface area contributed by atoms with Gasteiger partial charge in [-0.05, 0) is 44.2 Å². The fourth-order valence-electron chi connectivity index (χ4n) is 2.18. The Morgan fingerprint density at radius 3 is 2.38 bits per heavy atom. The van der Waals surface area contributed by atoms with Crippen molar-refractivity contribution in [3.8, 4) is 0 Å². The molecular formula is C18H16ClN2OS2+. The van der Waals surface area contributed by atoms with E-state index in [1.165, 1.54) is 11.8 Å². The van der Waals surface area contributed by atoms with Crippen LogP contribution >= 0.6 is 35.6 Å². The molecule has 6 heteroatoms. The Balaban J connectivity index is 2.09. The summed E-state index contributed by atoms with van der Waals surface area (Å²) in [5.74, 6) is 2.55. The Hall–Kier alpha value is -1.78. The molecule has 122 valence electrons. The van der Waals surface area contributed by atoms with E-state index in [2.05, 4.69) is 5.87 Å². The van der Waals surface area contributed by atoms with Gasteiger partial charge in [0.2, 0.25) is 0 Å². The van der Waals surface area contributed by atoms with Crippen LogP contribution in [-0.2, 0) is 0 Å². The fourth-order valence-corrected chi connectivity index (χ4v) is 3.36. The van der Waals surface area contributed by atoms with E-state index in [1.54, 1.807) is 28.8 Å². The Bertz CT molecular complexity index is 820. The molecule has 0 amide bonds. The minimum atomic E-state index is -0.0335. The van der Waals surface area contributed by atoms with Crippen molar-refractivity contribution >= 4 is 57.1 Å². The van der Waals surface area contributed by atoms with Crippen LogP contribution in [0.2, 0.25) is 5.02 Å². The monoisotopic (exact) mass is 375 g/mol. The highest BCUT2D eigenvalue weighted by Gasteiger charge is 2.19. The van der Waals surface area contributed by atoms with Gasteiger partial charge >= 0.3 is 0 Å². The van der Waals surface area contributed by atoms with Crippen LogP contribution in [0.15, 0.2) is 42.7 Å². The summed E-state index contributed by atoms with van der Waals surface area (Å²) in [7, 11) is 0.